The van der Waals surface area contributed by atoms with E-state index >= 15 is 0 Å². The lowest BCUT2D eigenvalue weighted by molar-refractivity contribution is -0.137. The number of aliphatic hydroxyl groups is 1. The molecule has 0 radical (unpaired) electrons. The molecule has 0 saturated heterocycles. The maximum Gasteiger partial charge on any atom is 0.339 e. The zero-order valence-electron chi connectivity index (χ0n) is 7.64. The summed E-state index contributed by atoms with van der Waals surface area (Å²) in [6, 6.07) is 4.07. The number of nitrogens with two attached hydrogens (primary N) is 1. The highest BCUT2D eigenvalue weighted by atomic mass is 16.5. The topological polar surface area (TPSA) is 110 Å². The first-order valence-electron chi connectivity index (χ1n) is 3.99. The van der Waals surface area contributed by atoms with Crippen molar-refractivity contribution in [1.82, 2.24) is 0 Å². The highest BCUT2D eigenvalue weighted by Crippen LogP contribution is 2.26. The number of nitrogen functional groups attached to an aromatic ring is 1. The van der Waals surface area contributed by atoms with Gasteiger partial charge in [-0.2, -0.15) is 0 Å². The highest BCUT2D eigenvalue weighted by Gasteiger charge is 2.16. The molecule has 1 rings (SSSR count). The molecule has 0 unspecified atom stereocenters. The summed E-state index contributed by atoms with van der Waals surface area (Å²) in [5.41, 5.74) is 5.24. The maximum atomic E-state index is 10.8. The Bertz CT molecular complexity index is 401. The smallest absolute Gasteiger partial charge is 0.339 e. The number of rotatable bonds is 3. The second-order valence-electron chi connectivity index (χ2n) is 2.66. The molecule has 0 saturated carbocycles. The van der Waals surface area contributed by atoms with E-state index in [1.807, 2.05) is 0 Å². The van der Waals surface area contributed by atoms with E-state index in [4.69, 9.17) is 15.9 Å². The Labute approximate surface area is 84.9 Å². The number of anilines is 1. The van der Waals surface area contributed by atoms with Gasteiger partial charge in [0.2, 0.25) is 0 Å². The SMILES string of the molecule is Nc1cccc(C(=O)O)c1OC(=O)CO. The first-order chi connectivity index (χ1) is 7.06. The number of aromatic carboxylic acids is 1. The van der Waals surface area contributed by atoms with Crippen LogP contribution in [-0.2, 0) is 4.79 Å². The molecule has 6 heteroatoms. The fourth-order valence-electron chi connectivity index (χ4n) is 0.983. The second-order valence-corrected chi connectivity index (χ2v) is 2.66. The number of carbonyl (C=O) groups is 2. The van der Waals surface area contributed by atoms with E-state index in [-0.39, 0.29) is 17.0 Å². The molecule has 80 valence electrons. The van der Waals surface area contributed by atoms with E-state index < -0.39 is 18.5 Å². The fraction of sp³-hybridized carbons (Fsp3) is 0.111. The quantitative estimate of drug-likeness (QED) is 0.365. The van der Waals surface area contributed by atoms with Crippen LogP contribution in [-0.4, -0.2) is 28.8 Å². The summed E-state index contributed by atoms with van der Waals surface area (Å²) in [6.45, 7) is -0.840. The fourth-order valence-corrected chi connectivity index (χ4v) is 0.983. The number of ether oxygens (including phenoxy) is 1. The Hall–Kier alpha value is -2.08. The van der Waals surface area contributed by atoms with Gasteiger partial charge in [0.1, 0.15) is 12.2 Å². The first kappa shape index (κ1) is 11.0. The summed E-state index contributed by atoms with van der Waals surface area (Å²) in [6.07, 6.45) is 0. The van der Waals surface area contributed by atoms with E-state index in [0.29, 0.717) is 0 Å². The summed E-state index contributed by atoms with van der Waals surface area (Å²) in [7, 11) is 0. The van der Waals surface area contributed by atoms with E-state index in [0.717, 1.165) is 0 Å². The number of carboxylic acid groups (broad SMARTS) is 1. The Morgan fingerprint density at radius 2 is 2.07 bits per heavy atom. The Kier molecular flexibility index (Phi) is 3.25. The predicted molar refractivity (Wildman–Crippen MR) is 50.5 cm³/mol. The Morgan fingerprint density at radius 1 is 1.40 bits per heavy atom. The lowest BCUT2D eigenvalue weighted by Crippen LogP contribution is -2.15. The largest absolute Gasteiger partial charge is 0.478 e. The van der Waals surface area contributed by atoms with Crippen LogP contribution in [0.2, 0.25) is 0 Å². The predicted octanol–water partition coefficient (Wildman–Crippen LogP) is -0.135. The van der Waals surface area contributed by atoms with Crippen LogP contribution in [0.3, 0.4) is 0 Å². The molecule has 15 heavy (non-hydrogen) atoms. The Morgan fingerprint density at radius 3 is 2.60 bits per heavy atom. The molecule has 0 aromatic heterocycles. The molecule has 0 heterocycles. The van der Waals surface area contributed by atoms with Crippen LogP contribution in [0.4, 0.5) is 5.69 Å². The van der Waals surface area contributed by atoms with Gasteiger partial charge in [0.05, 0.1) is 5.69 Å². The molecule has 0 aliphatic carbocycles. The summed E-state index contributed by atoms with van der Waals surface area (Å²) in [5, 5.41) is 17.2. The molecule has 0 aliphatic rings. The number of benzene rings is 1. The molecule has 1 aromatic rings. The molecule has 0 fully saturated rings. The van der Waals surface area contributed by atoms with E-state index in [2.05, 4.69) is 4.74 Å². The van der Waals surface area contributed by atoms with Gasteiger partial charge in [-0.1, -0.05) is 6.07 Å². The minimum Gasteiger partial charge on any atom is -0.478 e. The van der Waals surface area contributed by atoms with E-state index in [1.54, 1.807) is 0 Å². The molecule has 6 nitrogen and oxygen atoms in total. The summed E-state index contributed by atoms with van der Waals surface area (Å²) < 4.78 is 4.59. The van der Waals surface area contributed by atoms with Gasteiger partial charge in [0, 0.05) is 0 Å². The molecule has 0 spiro atoms. The third-order valence-corrected chi connectivity index (χ3v) is 1.62. The lowest BCUT2D eigenvalue weighted by Gasteiger charge is -2.08. The van der Waals surface area contributed by atoms with Crippen molar-refractivity contribution in [2.75, 3.05) is 12.3 Å². The standard InChI is InChI=1S/C9H9NO5/c10-6-3-1-2-5(9(13)14)8(6)15-7(12)4-11/h1-3,11H,4,10H2,(H,13,14). The number of aliphatic hydroxyl groups excluding tert-OH is 1. The van der Waals surface area contributed by atoms with Gasteiger partial charge in [-0.05, 0) is 12.1 Å². The van der Waals surface area contributed by atoms with Gasteiger partial charge in [0.15, 0.2) is 5.75 Å². The zero-order valence-corrected chi connectivity index (χ0v) is 7.64. The minimum atomic E-state index is -1.26. The van der Waals surface area contributed by atoms with Crippen LogP contribution >= 0.6 is 0 Å². The average Bonchev–Trinajstić information content (AvgIpc) is 2.20. The Balaban J connectivity index is 3.13. The summed E-state index contributed by atoms with van der Waals surface area (Å²) in [5.74, 6) is -2.47. The number of hydrogen-bond acceptors (Lipinski definition) is 5. The number of carbonyl (C=O) groups excluding carboxylic acids is 1. The van der Waals surface area contributed by atoms with Gasteiger partial charge in [-0.3, -0.25) is 0 Å². The third kappa shape index (κ3) is 2.44. The van der Waals surface area contributed by atoms with Gasteiger partial charge >= 0.3 is 11.9 Å². The molecule has 0 bridgehead atoms. The van der Waals surface area contributed by atoms with Crippen LogP contribution in [0, 0.1) is 0 Å². The second kappa shape index (κ2) is 4.43. The van der Waals surface area contributed by atoms with Gasteiger partial charge in [-0.25, -0.2) is 9.59 Å². The van der Waals surface area contributed by atoms with Crippen LogP contribution < -0.4 is 10.5 Å². The zero-order chi connectivity index (χ0) is 11.4. The molecule has 0 atom stereocenters. The van der Waals surface area contributed by atoms with Crippen LogP contribution in [0.1, 0.15) is 10.4 Å². The molecule has 1 aromatic carbocycles. The van der Waals surface area contributed by atoms with Crippen molar-refractivity contribution in [3.05, 3.63) is 23.8 Å². The van der Waals surface area contributed by atoms with Crippen molar-refractivity contribution in [1.29, 1.82) is 0 Å². The normalized spacial score (nSPS) is 9.67. The third-order valence-electron chi connectivity index (χ3n) is 1.62. The average molecular weight is 211 g/mol. The molecule has 0 aliphatic heterocycles. The van der Waals surface area contributed by atoms with Gasteiger partial charge in [-0.15, -0.1) is 0 Å². The van der Waals surface area contributed by atoms with Crippen molar-refractivity contribution in [3.8, 4) is 5.75 Å². The molecular weight excluding hydrogens is 202 g/mol. The van der Waals surface area contributed by atoms with Crippen LogP contribution in [0.15, 0.2) is 18.2 Å². The first-order valence-corrected chi connectivity index (χ1v) is 3.99. The van der Waals surface area contributed by atoms with Crippen molar-refractivity contribution in [2.45, 2.75) is 0 Å². The number of carboxylic acids is 1. The van der Waals surface area contributed by atoms with Gasteiger partial charge < -0.3 is 20.7 Å². The van der Waals surface area contributed by atoms with Crippen molar-refractivity contribution < 1.29 is 24.5 Å². The molecule has 0 amide bonds. The maximum absolute atomic E-state index is 10.8. The van der Waals surface area contributed by atoms with E-state index in [9.17, 15) is 9.59 Å². The van der Waals surface area contributed by atoms with Gasteiger partial charge in [0.25, 0.3) is 0 Å². The van der Waals surface area contributed by atoms with Crippen molar-refractivity contribution in [3.63, 3.8) is 0 Å². The number of esters is 1. The number of hydrogen-bond donors (Lipinski definition) is 3. The summed E-state index contributed by atoms with van der Waals surface area (Å²) >= 11 is 0. The van der Waals surface area contributed by atoms with Crippen molar-refractivity contribution >= 4 is 17.6 Å². The minimum absolute atomic E-state index is 0.0247. The molecular formula is C9H9NO5. The van der Waals surface area contributed by atoms with Crippen molar-refractivity contribution in [2.24, 2.45) is 0 Å². The number of para-hydroxylation sites is 1. The van der Waals surface area contributed by atoms with Crippen LogP contribution in [0.5, 0.6) is 5.75 Å². The monoisotopic (exact) mass is 211 g/mol. The lowest BCUT2D eigenvalue weighted by atomic mass is 10.2. The summed E-state index contributed by atoms with van der Waals surface area (Å²) in [4.78, 5) is 21.5. The van der Waals surface area contributed by atoms with E-state index in [1.165, 1.54) is 18.2 Å². The molecule has 4 N–H and O–H groups in total. The van der Waals surface area contributed by atoms with Crippen LogP contribution in [0.25, 0.3) is 0 Å². The highest BCUT2D eigenvalue weighted by molar-refractivity contribution is 5.94.